The van der Waals surface area contributed by atoms with Gasteiger partial charge < -0.3 is 15.4 Å². The van der Waals surface area contributed by atoms with E-state index in [0.29, 0.717) is 41.7 Å². The minimum absolute atomic E-state index is 0.134. The maximum atomic E-state index is 13.5. The molecule has 0 saturated carbocycles. The highest BCUT2D eigenvalue weighted by Crippen LogP contribution is 2.33. The van der Waals surface area contributed by atoms with Crippen molar-refractivity contribution >= 4 is 45.3 Å². The van der Waals surface area contributed by atoms with Crippen LogP contribution >= 0.6 is 11.6 Å². The van der Waals surface area contributed by atoms with E-state index in [-0.39, 0.29) is 40.2 Å². The lowest BCUT2D eigenvalue weighted by molar-refractivity contribution is -0.127. The van der Waals surface area contributed by atoms with E-state index in [1.807, 2.05) is 4.68 Å². The third-order valence-corrected chi connectivity index (χ3v) is 6.98. The standard InChI is InChI=1S/C26H24ClF2N7O2/c1-4-23(37)34-12-16(10-17(34)13-38-3)36-21-7-8-31-25(30)24(21)19(33-36)6-5-15-9-20-22(11-18(15)27)35(26(28)29)14(2)32-20/h4,7-9,11,16-17,26H,1,10,12-13H2,2-3H3,(H2,30,31)/t16-,17+/m0/s1. The van der Waals surface area contributed by atoms with Gasteiger partial charge in [0.1, 0.15) is 17.3 Å². The lowest BCUT2D eigenvalue weighted by Crippen LogP contribution is -2.37. The van der Waals surface area contributed by atoms with Gasteiger partial charge in [0.15, 0.2) is 0 Å². The first-order chi connectivity index (χ1) is 18.2. The number of hydrogen-bond acceptors (Lipinski definition) is 6. The van der Waals surface area contributed by atoms with E-state index in [0.717, 1.165) is 10.1 Å². The summed E-state index contributed by atoms with van der Waals surface area (Å²) in [6.07, 6.45) is 3.50. The summed E-state index contributed by atoms with van der Waals surface area (Å²) in [7, 11) is 1.59. The number of amides is 1. The Kier molecular flexibility index (Phi) is 6.77. The number of imidazole rings is 1. The number of benzene rings is 1. The maximum Gasteiger partial charge on any atom is 0.320 e. The van der Waals surface area contributed by atoms with E-state index in [4.69, 9.17) is 27.2 Å². The Labute approximate surface area is 221 Å². The average molecular weight is 540 g/mol. The van der Waals surface area contributed by atoms with Crippen LogP contribution in [0.2, 0.25) is 5.02 Å². The summed E-state index contributed by atoms with van der Waals surface area (Å²) in [5, 5.41) is 5.53. The Morgan fingerprint density at radius 3 is 2.87 bits per heavy atom. The number of carbonyl (C=O) groups excluding carboxylic acids is 1. The van der Waals surface area contributed by atoms with E-state index < -0.39 is 6.55 Å². The van der Waals surface area contributed by atoms with E-state index >= 15 is 0 Å². The van der Waals surface area contributed by atoms with Crippen molar-refractivity contribution in [2.45, 2.75) is 32.0 Å². The number of fused-ring (bicyclic) bond motifs is 2. The molecule has 2 atom stereocenters. The largest absolute Gasteiger partial charge is 0.383 e. The molecule has 0 spiro atoms. The van der Waals surface area contributed by atoms with Crippen molar-refractivity contribution in [3.05, 3.63) is 59.2 Å². The molecule has 12 heteroatoms. The number of pyridine rings is 1. The number of nitrogen functional groups attached to an aromatic ring is 1. The van der Waals surface area contributed by atoms with Crippen LogP contribution in [0.1, 0.15) is 36.1 Å². The summed E-state index contributed by atoms with van der Waals surface area (Å²) in [4.78, 5) is 22.6. The first-order valence-corrected chi connectivity index (χ1v) is 12.1. The number of carbonyl (C=O) groups is 1. The van der Waals surface area contributed by atoms with Crippen molar-refractivity contribution in [1.82, 2.24) is 29.2 Å². The molecule has 0 radical (unpaired) electrons. The molecule has 1 fully saturated rings. The third-order valence-electron chi connectivity index (χ3n) is 6.67. The number of likely N-dealkylation sites (tertiary alicyclic amines) is 1. The minimum atomic E-state index is -2.74. The monoisotopic (exact) mass is 539 g/mol. The number of nitrogens with zero attached hydrogens (tertiary/aromatic N) is 6. The molecule has 1 amide bonds. The zero-order valence-corrected chi connectivity index (χ0v) is 21.4. The molecule has 1 saturated heterocycles. The number of rotatable bonds is 5. The molecule has 5 rings (SSSR count). The lowest BCUT2D eigenvalue weighted by atomic mass is 10.1. The molecule has 3 aromatic heterocycles. The fourth-order valence-electron chi connectivity index (χ4n) is 4.99. The summed E-state index contributed by atoms with van der Waals surface area (Å²) in [5.41, 5.74) is 8.32. The van der Waals surface area contributed by atoms with E-state index in [9.17, 15) is 13.6 Å². The van der Waals surface area contributed by atoms with Crippen molar-refractivity contribution in [2.75, 3.05) is 26.0 Å². The van der Waals surface area contributed by atoms with Crippen LogP contribution in [0.4, 0.5) is 14.6 Å². The fraction of sp³-hybridized carbons (Fsp3) is 0.308. The Morgan fingerprint density at radius 2 is 2.16 bits per heavy atom. The Hall–Kier alpha value is -4.01. The molecule has 1 aromatic carbocycles. The van der Waals surface area contributed by atoms with Gasteiger partial charge in [-0.1, -0.05) is 24.1 Å². The molecule has 4 heterocycles. The highest BCUT2D eigenvalue weighted by Gasteiger charge is 2.36. The van der Waals surface area contributed by atoms with Crippen molar-refractivity contribution in [3.63, 3.8) is 0 Å². The highest BCUT2D eigenvalue weighted by atomic mass is 35.5. The van der Waals surface area contributed by atoms with Gasteiger partial charge in [0.05, 0.1) is 45.6 Å². The summed E-state index contributed by atoms with van der Waals surface area (Å²) >= 11 is 6.41. The zero-order valence-electron chi connectivity index (χ0n) is 20.7. The van der Waals surface area contributed by atoms with Crippen LogP contribution in [-0.4, -0.2) is 61.4 Å². The van der Waals surface area contributed by atoms with Crippen LogP contribution in [0.25, 0.3) is 21.9 Å². The van der Waals surface area contributed by atoms with Crippen molar-refractivity contribution in [1.29, 1.82) is 0 Å². The second kappa shape index (κ2) is 10.0. The Bertz CT molecular complexity index is 1640. The van der Waals surface area contributed by atoms with Gasteiger partial charge in [-0.2, -0.15) is 13.9 Å². The fourth-order valence-corrected chi connectivity index (χ4v) is 5.20. The van der Waals surface area contributed by atoms with Gasteiger partial charge in [0, 0.05) is 25.4 Å². The van der Waals surface area contributed by atoms with Crippen molar-refractivity contribution in [2.24, 2.45) is 0 Å². The second-order valence-electron chi connectivity index (χ2n) is 8.95. The quantitative estimate of drug-likeness (QED) is 0.302. The van der Waals surface area contributed by atoms with Crippen LogP contribution in [0.3, 0.4) is 0 Å². The molecular weight excluding hydrogens is 516 g/mol. The van der Waals surface area contributed by atoms with E-state index in [1.54, 1.807) is 30.3 Å². The topological polar surface area (TPSA) is 104 Å². The minimum Gasteiger partial charge on any atom is -0.383 e. The molecule has 0 bridgehead atoms. The number of methoxy groups -OCH3 is 1. The molecule has 0 unspecified atom stereocenters. The van der Waals surface area contributed by atoms with Gasteiger partial charge in [-0.15, -0.1) is 0 Å². The van der Waals surface area contributed by atoms with E-state index in [1.165, 1.54) is 19.1 Å². The normalized spacial score (nSPS) is 17.4. The summed E-state index contributed by atoms with van der Waals surface area (Å²) in [6, 6.07) is 4.51. The van der Waals surface area contributed by atoms with Gasteiger partial charge in [-0.25, -0.2) is 9.97 Å². The molecule has 2 N–H and O–H groups in total. The molecule has 196 valence electrons. The molecule has 38 heavy (non-hydrogen) atoms. The predicted molar refractivity (Wildman–Crippen MR) is 140 cm³/mol. The summed E-state index contributed by atoms with van der Waals surface area (Å²) in [6.45, 7) is 3.17. The van der Waals surface area contributed by atoms with Crippen LogP contribution in [0.5, 0.6) is 0 Å². The van der Waals surface area contributed by atoms with Crippen molar-refractivity contribution in [3.8, 4) is 11.8 Å². The summed E-state index contributed by atoms with van der Waals surface area (Å²) in [5.74, 6) is 6.28. The first-order valence-electron chi connectivity index (χ1n) is 11.8. The Morgan fingerprint density at radius 1 is 1.37 bits per heavy atom. The molecule has 0 aliphatic carbocycles. The van der Waals surface area contributed by atoms with Crippen molar-refractivity contribution < 1.29 is 18.3 Å². The number of nitrogens with two attached hydrogens (primary N) is 1. The molecular formula is C26H24ClF2N7O2. The van der Waals surface area contributed by atoms with Crippen LogP contribution in [-0.2, 0) is 9.53 Å². The van der Waals surface area contributed by atoms with Gasteiger partial charge in [-0.3, -0.25) is 14.0 Å². The van der Waals surface area contributed by atoms with Gasteiger partial charge in [-0.05, 0) is 43.5 Å². The van der Waals surface area contributed by atoms with Crippen LogP contribution in [0.15, 0.2) is 37.1 Å². The van der Waals surface area contributed by atoms with Gasteiger partial charge in [0.25, 0.3) is 0 Å². The summed E-state index contributed by atoms with van der Waals surface area (Å²) < 4.78 is 34.9. The average Bonchev–Trinajstić information content (AvgIpc) is 3.55. The van der Waals surface area contributed by atoms with Crippen LogP contribution in [0, 0.1) is 18.8 Å². The number of hydrogen-bond donors (Lipinski definition) is 1. The molecule has 4 aromatic rings. The number of anilines is 1. The molecule has 9 nitrogen and oxygen atoms in total. The second-order valence-corrected chi connectivity index (χ2v) is 9.36. The van der Waals surface area contributed by atoms with Gasteiger partial charge in [0.2, 0.25) is 5.91 Å². The number of aromatic nitrogens is 5. The van der Waals surface area contributed by atoms with Crippen LogP contribution < -0.4 is 5.73 Å². The van der Waals surface area contributed by atoms with Gasteiger partial charge >= 0.3 is 6.55 Å². The third kappa shape index (κ3) is 4.36. The zero-order chi connectivity index (χ0) is 27.1. The molecule has 1 aliphatic rings. The Balaban J connectivity index is 1.57. The maximum absolute atomic E-state index is 13.5. The highest BCUT2D eigenvalue weighted by molar-refractivity contribution is 6.32. The number of halogens is 3. The molecule has 1 aliphatic heterocycles. The SMILES string of the molecule is C=CC(=O)N1C[C@@H](n2nc(C#Cc3cc4nc(C)n(C(F)F)c4cc3Cl)c3c(N)nccc32)C[C@@H]1COC. The van der Waals surface area contributed by atoms with E-state index in [2.05, 4.69) is 28.4 Å². The first kappa shape index (κ1) is 25.6. The number of ether oxygens (including phenoxy) is 1. The number of aryl methyl sites for hydroxylation is 1. The number of alkyl halides is 2. The smallest absolute Gasteiger partial charge is 0.320 e. The lowest BCUT2D eigenvalue weighted by Gasteiger charge is -2.22. The predicted octanol–water partition coefficient (Wildman–Crippen LogP) is 4.09.